The molecule has 0 aliphatic heterocycles. The summed E-state index contributed by atoms with van der Waals surface area (Å²) in [5.74, 6) is 0.944. The van der Waals surface area contributed by atoms with Crippen molar-refractivity contribution in [2.24, 2.45) is 0 Å². The SMILES string of the molecule is CCCNCc1cnc(N(CCOC)C(CC)CC)cn1. The molecule has 0 radical (unpaired) electrons. The molecule has 5 heteroatoms. The van der Waals surface area contributed by atoms with Gasteiger partial charge in [0.15, 0.2) is 0 Å². The van der Waals surface area contributed by atoms with Gasteiger partial charge in [-0.15, -0.1) is 0 Å². The maximum absolute atomic E-state index is 5.22. The molecule has 0 spiro atoms. The monoisotopic (exact) mass is 294 g/mol. The third-order valence-electron chi connectivity index (χ3n) is 3.64. The summed E-state index contributed by atoms with van der Waals surface area (Å²) in [6.45, 7) is 9.93. The second kappa shape index (κ2) is 10.5. The molecule has 0 aromatic carbocycles. The topological polar surface area (TPSA) is 50.3 Å². The number of hydrogen-bond donors (Lipinski definition) is 1. The largest absolute Gasteiger partial charge is 0.383 e. The van der Waals surface area contributed by atoms with Crippen molar-refractivity contribution in [1.29, 1.82) is 0 Å². The number of rotatable bonds is 11. The lowest BCUT2D eigenvalue weighted by Crippen LogP contribution is -2.37. The molecule has 0 amide bonds. The number of anilines is 1. The fraction of sp³-hybridized carbons (Fsp3) is 0.750. The van der Waals surface area contributed by atoms with Gasteiger partial charge in [0.05, 0.1) is 24.7 Å². The lowest BCUT2D eigenvalue weighted by molar-refractivity contribution is 0.202. The van der Waals surface area contributed by atoms with Crippen molar-refractivity contribution < 1.29 is 4.74 Å². The van der Waals surface area contributed by atoms with Crippen LogP contribution in [0, 0.1) is 0 Å². The molecule has 1 N–H and O–H groups in total. The van der Waals surface area contributed by atoms with E-state index < -0.39 is 0 Å². The van der Waals surface area contributed by atoms with Crippen molar-refractivity contribution >= 4 is 5.82 Å². The fourth-order valence-electron chi connectivity index (χ4n) is 2.38. The Morgan fingerprint density at radius 2 is 1.95 bits per heavy atom. The Labute approximate surface area is 129 Å². The van der Waals surface area contributed by atoms with Gasteiger partial charge in [-0.1, -0.05) is 20.8 Å². The van der Waals surface area contributed by atoms with E-state index in [0.717, 1.165) is 50.4 Å². The lowest BCUT2D eigenvalue weighted by atomic mass is 10.1. The van der Waals surface area contributed by atoms with Crippen LogP contribution in [-0.4, -0.2) is 42.8 Å². The molecule has 1 aromatic heterocycles. The van der Waals surface area contributed by atoms with E-state index in [1.165, 1.54) is 0 Å². The maximum Gasteiger partial charge on any atom is 0.147 e. The van der Waals surface area contributed by atoms with Crippen molar-refractivity contribution in [1.82, 2.24) is 15.3 Å². The second-order valence-electron chi connectivity index (χ2n) is 5.20. The zero-order chi connectivity index (χ0) is 15.5. The van der Waals surface area contributed by atoms with Crippen LogP contribution in [0.25, 0.3) is 0 Å². The minimum Gasteiger partial charge on any atom is -0.383 e. The van der Waals surface area contributed by atoms with Gasteiger partial charge in [0.1, 0.15) is 5.82 Å². The second-order valence-corrected chi connectivity index (χ2v) is 5.20. The third-order valence-corrected chi connectivity index (χ3v) is 3.64. The Kier molecular flexibility index (Phi) is 8.94. The average molecular weight is 294 g/mol. The van der Waals surface area contributed by atoms with Crippen molar-refractivity contribution in [2.75, 3.05) is 31.7 Å². The molecule has 0 saturated carbocycles. The summed E-state index contributed by atoms with van der Waals surface area (Å²) in [5.41, 5.74) is 0.989. The molecule has 0 fully saturated rings. The number of nitrogens with zero attached hydrogens (tertiary/aromatic N) is 3. The van der Waals surface area contributed by atoms with E-state index in [4.69, 9.17) is 4.74 Å². The zero-order valence-corrected chi connectivity index (χ0v) is 13.9. The van der Waals surface area contributed by atoms with Crippen LogP contribution in [-0.2, 0) is 11.3 Å². The fourth-order valence-corrected chi connectivity index (χ4v) is 2.38. The number of methoxy groups -OCH3 is 1. The average Bonchev–Trinajstić information content (AvgIpc) is 2.52. The number of ether oxygens (including phenoxy) is 1. The Morgan fingerprint density at radius 3 is 2.48 bits per heavy atom. The highest BCUT2D eigenvalue weighted by atomic mass is 16.5. The van der Waals surface area contributed by atoms with Crippen LogP contribution in [0.5, 0.6) is 0 Å². The van der Waals surface area contributed by atoms with E-state index in [-0.39, 0.29) is 0 Å². The Hall–Kier alpha value is -1.20. The standard InChI is InChI=1S/C16H30N4O/c1-5-8-17-11-14-12-19-16(13-18-14)20(9-10-21-4)15(6-2)7-3/h12-13,15,17H,5-11H2,1-4H3. The van der Waals surface area contributed by atoms with Crippen molar-refractivity contribution in [3.05, 3.63) is 18.1 Å². The minimum absolute atomic E-state index is 0.485. The first-order valence-electron chi connectivity index (χ1n) is 8.03. The van der Waals surface area contributed by atoms with Crippen LogP contribution in [0.3, 0.4) is 0 Å². The van der Waals surface area contributed by atoms with Crippen molar-refractivity contribution in [2.45, 2.75) is 52.6 Å². The van der Waals surface area contributed by atoms with Crippen LogP contribution < -0.4 is 10.2 Å². The summed E-state index contributed by atoms with van der Waals surface area (Å²) in [6, 6.07) is 0.485. The molecule has 1 rings (SSSR count). The molecule has 1 aromatic rings. The summed E-state index contributed by atoms with van der Waals surface area (Å²) in [4.78, 5) is 11.4. The zero-order valence-electron chi connectivity index (χ0n) is 13.9. The van der Waals surface area contributed by atoms with Gasteiger partial charge in [-0.2, -0.15) is 0 Å². The van der Waals surface area contributed by atoms with Crippen molar-refractivity contribution in [3.63, 3.8) is 0 Å². The normalized spacial score (nSPS) is 11.1. The molecule has 0 unspecified atom stereocenters. The van der Waals surface area contributed by atoms with Crippen LogP contribution in [0.15, 0.2) is 12.4 Å². The first kappa shape index (κ1) is 17.9. The molecule has 0 aliphatic carbocycles. The maximum atomic E-state index is 5.22. The molecular weight excluding hydrogens is 264 g/mol. The number of nitrogens with one attached hydrogen (secondary N) is 1. The Morgan fingerprint density at radius 1 is 1.19 bits per heavy atom. The van der Waals surface area contributed by atoms with Gasteiger partial charge in [-0.3, -0.25) is 4.98 Å². The van der Waals surface area contributed by atoms with Gasteiger partial charge in [0.25, 0.3) is 0 Å². The molecular formula is C16H30N4O. The smallest absolute Gasteiger partial charge is 0.147 e. The first-order chi connectivity index (χ1) is 10.3. The highest BCUT2D eigenvalue weighted by Crippen LogP contribution is 2.17. The molecule has 5 nitrogen and oxygen atoms in total. The van der Waals surface area contributed by atoms with Gasteiger partial charge >= 0.3 is 0 Å². The lowest BCUT2D eigenvalue weighted by Gasteiger charge is -2.31. The number of aromatic nitrogens is 2. The van der Waals surface area contributed by atoms with E-state index in [1.807, 2.05) is 12.4 Å². The molecule has 120 valence electrons. The summed E-state index contributed by atoms with van der Waals surface area (Å²) >= 11 is 0. The summed E-state index contributed by atoms with van der Waals surface area (Å²) < 4.78 is 5.22. The predicted molar refractivity (Wildman–Crippen MR) is 87.6 cm³/mol. The molecule has 0 saturated heterocycles. The van der Waals surface area contributed by atoms with Gasteiger partial charge < -0.3 is 15.0 Å². The van der Waals surface area contributed by atoms with Crippen LogP contribution in [0.1, 0.15) is 45.7 Å². The van der Waals surface area contributed by atoms with Gasteiger partial charge in [0, 0.05) is 26.2 Å². The molecule has 0 atom stereocenters. The Bertz CT molecular complexity index is 365. The van der Waals surface area contributed by atoms with E-state index in [9.17, 15) is 0 Å². The van der Waals surface area contributed by atoms with Gasteiger partial charge in [-0.05, 0) is 25.8 Å². The van der Waals surface area contributed by atoms with Gasteiger partial charge in [-0.25, -0.2) is 4.98 Å². The molecule has 21 heavy (non-hydrogen) atoms. The van der Waals surface area contributed by atoms with Crippen LogP contribution in [0.2, 0.25) is 0 Å². The summed E-state index contributed by atoms with van der Waals surface area (Å²) in [6.07, 6.45) is 7.09. The van der Waals surface area contributed by atoms with Crippen LogP contribution >= 0.6 is 0 Å². The molecule has 0 aliphatic rings. The summed E-state index contributed by atoms with van der Waals surface area (Å²) in [7, 11) is 1.74. The van der Waals surface area contributed by atoms with E-state index in [1.54, 1.807) is 7.11 Å². The van der Waals surface area contributed by atoms with E-state index in [0.29, 0.717) is 12.6 Å². The predicted octanol–water partition coefficient (Wildman–Crippen LogP) is 2.62. The van der Waals surface area contributed by atoms with Gasteiger partial charge in [0.2, 0.25) is 0 Å². The number of hydrogen-bond acceptors (Lipinski definition) is 5. The third kappa shape index (κ3) is 5.98. The van der Waals surface area contributed by atoms with Crippen molar-refractivity contribution in [3.8, 4) is 0 Å². The Balaban J connectivity index is 2.72. The van der Waals surface area contributed by atoms with E-state index >= 15 is 0 Å². The molecule has 1 heterocycles. The summed E-state index contributed by atoms with van der Waals surface area (Å²) in [5, 5.41) is 3.34. The molecule has 0 bridgehead atoms. The highest BCUT2D eigenvalue weighted by Gasteiger charge is 2.16. The highest BCUT2D eigenvalue weighted by molar-refractivity contribution is 5.37. The quantitative estimate of drug-likeness (QED) is 0.636. The minimum atomic E-state index is 0.485. The van der Waals surface area contributed by atoms with E-state index in [2.05, 4.69) is 41.0 Å². The van der Waals surface area contributed by atoms with Crippen LogP contribution in [0.4, 0.5) is 5.82 Å². The first-order valence-corrected chi connectivity index (χ1v) is 8.03.